The van der Waals surface area contributed by atoms with Crippen molar-refractivity contribution in [2.75, 3.05) is 0 Å². The Morgan fingerprint density at radius 1 is 0.703 bits per heavy atom. The van der Waals surface area contributed by atoms with Gasteiger partial charge in [-0.1, -0.05) is 42.5 Å². The molecule has 0 atom stereocenters. The van der Waals surface area contributed by atoms with Gasteiger partial charge in [0.15, 0.2) is 5.36 Å². The van der Waals surface area contributed by atoms with Crippen LogP contribution in [0.25, 0.3) is 59.2 Å². The number of alkyl halides is 3. The molecule has 0 fully saturated rings. The van der Waals surface area contributed by atoms with Crippen LogP contribution in [0.1, 0.15) is 5.56 Å². The van der Waals surface area contributed by atoms with Gasteiger partial charge in [0.1, 0.15) is 5.82 Å². The van der Waals surface area contributed by atoms with E-state index in [1.54, 1.807) is 18.2 Å². The van der Waals surface area contributed by atoms with E-state index in [2.05, 4.69) is 15.0 Å². The third-order valence-electron chi connectivity index (χ3n) is 6.62. The van der Waals surface area contributed by atoms with Crippen molar-refractivity contribution < 1.29 is 17.6 Å². The summed E-state index contributed by atoms with van der Waals surface area (Å²) in [6.07, 6.45) is -2.96. The number of hydrogen-bond donors (Lipinski definition) is 0. The Morgan fingerprint density at radius 3 is 1.97 bits per heavy atom. The van der Waals surface area contributed by atoms with Gasteiger partial charge >= 0.3 is 6.18 Å². The van der Waals surface area contributed by atoms with Crippen LogP contribution in [0, 0.1) is 23.8 Å². The first-order valence-corrected chi connectivity index (χ1v) is 11.0. The van der Waals surface area contributed by atoms with Crippen LogP contribution in [0.4, 0.5) is 17.6 Å². The molecule has 4 nitrogen and oxygen atoms in total. The summed E-state index contributed by atoms with van der Waals surface area (Å²) in [6.45, 7) is 7.36. The molecule has 0 aromatic heterocycles. The summed E-state index contributed by atoms with van der Waals surface area (Å²) in [5, 5.41) is 20.4. The van der Waals surface area contributed by atoms with Crippen molar-refractivity contribution in [2.24, 2.45) is 10.1 Å². The van der Waals surface area contributed by atoms with Crippen molar-refractivity contribution >= 4 is 43.1 Å². The molecule has 0 bridgehead atoms. The van der Waals surface area contributed by atoms with E-state index in [0.717, 1.165) is 44.5 Å². The van der Waals surface area contributed by atoms with Gasteiger partial charge in [-0.3, -0.25) is 0 Å². The molecule has 0 radical (unpaired) electrons. The largest absolute Gasteiger partial charge is 0.419 e. The van der Waals surface area contributed by atoms with E-state index in [-0.39, 0.29) is 5.56 Å². The summed E-state index contributed by atoms with van der Waals surface area (Å²) < 4.78 is 53.7. The molecule has 0 N–H and O–H groups in total. The van der Waals surface area contributed by atoms with Crippen LogP contribution in [0.5, 0.6) is 0 Å². The van der Waals surface area contributed by atoms with Crippen molar-refractivity contribution in [3.05, 3.63) is 106 Å². The highest BCUT2D eigenvalue weighted by atomic mass is 19.4. The first kappa shape index (κ1) is 22.4. The first-order valence-electron chi connectivity index (χ1n) is 11.0. The molecule has 8 heteroatoms. The van der Waals surface area contributed by atoms with E-state index in [0.29, 0.717) is 27.1 Å². The Labute approximate surface area is 206 Å². The molecule has 0 aliphatic heterocycles. The molecule has 6 rings (SSSR count). The number of fused-ring (bicyclic) bond motifs is 6. The van der Waals surface area contributed by atoms with Crippen LogP contribution >= 0.6 is 0 Å². The molecule has 0 spiro atoms. The summed E-state index contributed by atoms with van der Waals surface area (Å²) in [5.41, 5.74) is -0.725. The SMILES string of the molecule is [C-]#[N+]/N=c1\c2cc(-c3ccc(F)c(C(F)(F)F)c3)ccc2c2cc3/c(=N/C#N)c4ccccc4c3cc12. The van der Waals surface area contributed by atoms with Gasteiger partial charge in [0.25, 0.3) is 0 Å². The maximum Gasteiger partial charge on any atom is 0.419 e. The zero-order chi connectivity index (χ0) is 25.9. The minimum atomic E-state index is -4.83. The molecule has 0 saturated carbocycles. The molecule has 6 aromatic rings. The molecule has 37 heavy (non-hydrogen) atoms. The number of hydrogen-bond acceptors (Lipinski definition) is 3. The smallest absolute Gasteiger partial charge is 0.206 e. The average Bonchev–Trinajstić information content (AvgIpc) is 3.35. The van der Waals surface area contributed by atoms with Crippen molar-refractivity contribution in [1.82, 2.24) is 0 Å². The minimum Gasteiger partial charge on any atom is -0.206 e. The summed E-state index contributed by atoms with van der Waals surface area (Å²) in [6, 6.07) is 19.3. The lowest BCUT2D eigenvalue weighted by atomic mass is 10.00. The van der Waals surface area contributed by atoms with Gasteiger partial charge in [-0.05, 0) is 63.0 Å². The lowest BCUT2D eigenvalue weighted by Gasteiger charge is -2.10. The highest BCUT2D eigenvalue weighted by Gasteiger charge is 2.34. The normalized spacial score (nSPS) is 13.1. The maximum atomic E-state index is 13.8. The molecule has 0 aliphatic carbocycles. The predicted molar refractivity (Wildman–Crippen MR) is 133 cm³/mol. The monoisotopic (exact) mass is 492 g/mol. The second kappa shape index (κ2) is 7.97. The van der Waals surface area contributed by atoms with Crippen LogP contribution in [0.3, 0.4) is 0 Å². The van der Waals surface area contributed by atoms with E-state index in [4.69, 9.17) is 6.57 Å². The zero-order valence-electron chi connectivity index (χ0n) is 18.7. The Morgan fingerprint density at radius 2 is 1.30 bits per heavy atom. The molecule has 0 unspecified atom stereocenters. The summed E-state index contributed by atoms with van der Waals surface area (Å²) >= 11 is 0. The topological polar surface area (TPSA) is 52.9 Å². The molecule has 0 aliphatic rings. The second-order valence-corrected chi connectivity index (χ2v) is 8.55. The summed E-state index contributed by atoms with van der Waals surface area (Å²) in [4.78, 5) is 7.28. The highest BCUT2D eigenvalue weighted by molar-refractivity contribution is 6.21. The van der Waals surface area contributed by atoms with Gasteiger partial charge in [0.05, 0.1) is 16.0 Å². The predicted octanol–water partition coefficient (Wildman–Crippen LogP) is 7.12. The van der Waals surface area contributed by atoms with Gasteiger partial charge in [0.2, 0.25) is 6.19 Å². The van der Waals surface area contributed by atoms with Gasteiger partial charge in [-0.15, -0.1) is 4.95 Å². The fraction of sp³-hybridized carbons (Fsp3) is 0.0345. The standard InChI is InChI=1S/C29H12F4N4/c1-35-37-28-22-10-15(16-7-9-26(30)25(11-16)29(31,32)33)6-8-18(22)21-12-23-20(13-24(21)28)17-4-2-3-5-19(17)27(23)36-14-34/h2-13H/b36-27+,37-28+. The second-order valence-electron chi connectivity index (χ2n) is 8.55. The van der Waals surface area contributed by atoms with Gasteiger partial charge in [-0.2, -0.15) is 30.0 Å². The lowest BCUT2D eigenvalue weighted by molar-refractivity contribution is -0.139. The fourth-order valence-corrected chi connectivity index (χ4v) is 5.06. The van der Waals surface area contributed by atoms with E-state index in [9.17, 15) is 22.8 Å². The Hall–Kier alpha value is -5.08. The molecule has 0 saturated heterocycles. The van der Waals surface area contributed by atoms with Gasteiger partial charge in [0, 0.05) is 21.5 Å². The average molecular weight is 492 g/mol. The number of benzene rings is 4. The molecular weight excluding hydrogens is 480 g/mol. The van der Waals surface area contributed by atoms with Crippen LogP contribution in [0.15, 0.2) is 82.9 Å². The van der Waals surface area contributed by atoms with Crippen LogP contribution < -0.4 is 10.7 Å². The van der Waals surface area contributed by atoms with Crippen molar-refractivity contribution in [3.8, 4) is 17.3 Å². The Kier molecular flexibility index (Phi) is 4.82. The molecule has 176 valence electrons. The maximum absolute atomic E-state index is 13.8. The number of halogens is 4. The minimum absolute atomic E-state index is 0.189. The van der Waals surface area contributed by atoms with Crippen LogP contribution in [-0.4, -0.2) is 0 Å². The fourth-order valence-electron chi connectivity index (χ4n) is 5.06. The van der Waals surface area contributed by atoms with Crippen molar-refractivity contribution in [1.29, 1.82) is 5.26 Å². The number of rotatable bonds is 1. The molecule has 6 aromatic carbocycles. The summed E-state index contributed by atoms with van der Waals surface area (Å²) in [5.74, 6) is -1.34. The first-order chi connectivity index (χ1) is 17.8. The molecule has 0 heterocycles. The third-order valence-corrected chi connectivity index (χ3v) is 6.62. The highest BCUT2D eigenvalue weighted by Crippen LogP contribution is 2.37. The van der Waals surface area contributed by atoms with Gasteiger partial charge < -0.3 is 0 Å². The van der Waals surface area contributed by atoms with E-state index >= 15 is 0 Å². The molecular formula is C29H12F4N4. The zero-order valence-corrected chi connectivity index (χ0v) is 18.7. The number of nitrogens with zero attached hydrogens (tertiary/aromatic N) is 4. The lowest BCUT2D eigenvalue weighted by Crippen LogP contribution is -2.08. The van der Waals surface area contributed by atoms with Crippen molar-refractivity contribution in [2.45, 2.75) is 6.18 Å². The molecule has 0 amide bonds. The van der Waals surface area contributed by atoms with E-state index in [1.165, 1.54) is 6.07 Å². The van der Waals surface area contributed by atoms with E-state index < -0.39 is 17.6 Å². The quantitative estimate of drug-likeness (QED) is 0.104. The van der Waals surface area contributed by atoms with Crippen molar-refractivity contribution in [3.63, 3.8) is 0 Å². The number of nitriles is 1. The Balaban J connectivity index is 1.70. The Bertz CT molecular complexity index is 2120. The van der Waals surface area contributed by atoms with E-state index in [1.807, 2.05) is 42.6 Å². The third kappa shape index (κ3) is 3.35. The van der Waals surface area contributed by atoms with Crippen LogP contribution in [0.2, 0.25) is 0 Å². The summed E-state index contributed by atoms with van der Waals surface area (Å²) in [7, 11) is 0. The van der Waals surface area contributed by atoms with Gasteiger partial charge in [-0.25, -0.2) is 4.39 Å². The van der Waals surface area contributed by atoms with Crippen LogP contribution in [-0.2, 0) is 6.18 Å².